The summed E-state index contributed by atoms with van der Waals surface area (Å²) >= 11 is 0. The van der Waals surface area contributed by atoms with Crippen molar-refractivity contribution >= 4 is 0 Å². The number of allylic oxidation sites excluding steroid dienone is 1. The molecule has 0 aliphatic heterocycles. The minimum Gasteiger partial charge on any atom is -0.497 e. The van der Waals surface area contributed by atoms with Crippen molar-refractivity contribution in [1.29, 1.82) is 0 Å². The van der Waals surface area contributed by atoms with E-state index in [0.717, 1.165) is 11.5 Å². The molecule has 0 heterocycles. The largest absolute Gasteiger partial charge is 0.497 e. The molecule has 0 aromatic heterocycles. The van der Waals surface area contributed by atoms with Gasteiger partial charge in [-0.25, -0.2) is 0 Å². The van der Waals surface area contributed by atoms with Crippen LogP contribution in [-0.4, -0.2) is 24.9 Å². The van der Waals surface area contributed by atoms with E-state index in [1.54, 1.807) is 13.2 Å². The number of hydrogen-bond acceptors (Lipinski definition) is 3. The molecule has 0 aliphatic carbocycles. The van der Waals surface area contributed by atoms with Crippen molar-refractivity contribution in [3.8, 4) is 11.5 Å². The summed E-state index contributed by atoms with van der Waals surface area (Å²) < 4.78 is 10.8. The van der Waals surface area contributed by atoms with Crippen LogP contribution in [0.15, 0.2) is 49.1 Å². The lowest BCUT2D eigenvalue weighted by atomic mass is 10.0. The summed E-state index contributed by atoms with van der Waals surface area (Å²) in [5.41, 5.74) is 0. The van der Waals surface area contributed by atoms with Gasteiger partial charge in [-0.2, -0.15) is 0 Å². The fraction of sp³-hybridized carbons (Fsp3) is 0.375. The van der Waals surface area contributed by atoms with Gasteiger partial charge in [0.25, 0.3) is 0 Å². The van der Waals surface area contributed by atoms with E-state index in [0.29, 0.717) is 13.0 Å². The van der Waals surface area contributed by atoms with Crippen LogP contribution in [0.25, 0.3) is 0 Å². The zero-order chi connectivity index (χ0) is 14.1. The molecule has 1 N–H and O–H groups in total. The van der Waals surface area contributed by atoms with E-state index in [-0.39, 0.29) is 5.92 Å². The van der Waals surface area contributed by atoms with E-state index < -0.39 is 6.10 Å². The van der Waals surface area contributed by atoms with E-state index in [1.807, 2.05) is 43.3 Å². The van der Waals surface area contributed by atoms with Gasteiger partial charge in [0.05, 0.1) is 19.8 Å². The van der Waals surface area contributed by atoms with Crippen molar-refractivity contribution < 1.29 is 14.6 Å². The minimum absolute atomic E-state index is 0.167. The number of benzene rings is 1. The van der Waals surface area contributed by atoms with E-state index in [4.69, 9.17) is 9.47 Å². The van der Waals surface area contributed by atoms with E-state index in [2.05, 4.69) is 6.58 Å². The second-order valence-corrected chi connectivity index (χ2v) is 4.31. The van der Waals surface area contributed by atoms with Crippen LogP contribution < -0.4 is 9.47 Å². The molecule has 0 bridgehead atoms. The van der Waals surface area contributed by atoms with Crippen molar-refractivity contribution in [2.75, 3.05) is 13.7 Å². The number of hydrogen-bond donors (Lipinski definition) is 1. The first-order chi connectivity index (χ1) is 9.19. The van der Waals surface area contributed by atoms with Crippen molar-refractivity contribution in [2.24, 2.45) is 5.92 Å². The summed E-state index contributed by atoms with van der Waals surface area (Å²) in [4.78, 5) is 0. The van der Waals surface area contributed by atoms with Gasteiger partial charge in [0, 0.05) is 5.92 Å². The molecule has 2 atom stereocenters. The molecule has 1 rings (SSSR count). The molecule has 1 aromatic carbocycles. The van der Waals surface area contributed by atoms with E-state index >= 15 is 0 Å². The first-order valence-corrected chi connectivity index (χ1v) is 6.40. The van der Waals surface area contributed by atoms with Gasteiger partial charge in [-0.05, 0) is 37.6 Å². The fourth-order valence-corrected chi connectivity index (χ4v) is 1.76. The Hall–Kier alpha value is -1.74. The Morgan fingerprint density at radius 3 is 2.42 bits per heavy atom. The van der Waals surface area contributed by atoms with Gasteiger partial charge < -0.3 is 14.6 Å². The third-order valence-electron chi connectivity index (χ3n) is 2.80. The van der Waals surface area contributed by atoms with Crippen LogP contribution >= 0.6 is 0 Å². The molecule has 0 aliphatic rings. The second-order valence-electron chi connectivity index (χ2n) is 4.31. The third-order valence-corrected chi connectivity index (χ3v) is 2.80. The smallest absolute Gasteiger partial charge is 0.119 e. The molecule has 1 aromatic rings. The first-order valence-electron chi connectivity index (χ1n) is 6.40. The number of aliphatic hydroxyl groups is 1. The fourth-order valence-electron chi connectivity index (χ4n) is 1.76. The maximum Gasteiger partial charge on any atom is 0.119 e. The molecular weight excluding hydrogens is 240 g/mol. The normalized spacial score (nSPS) is 14.1. The van der Waals surface area contributed by atoms with Crippen molar-refractivity contribution in [3.05, 3.63) is 49.1 Å². The standard InChI is InChI=1S/C16H22O3/c1-4-6-13(11-14(17)5-2)12-19-16-9-7-15(18-3)8-10-16/h4-10,13-14,17H,2,11-12H2,1,3H3/b6-4+/t13-,14+/m1/s1. The second kappa shape index (κ2) is 8.38. The molecule has 0 saturated carbocycles. The van der Waals surface area contributed by atoms with Crippen LogP contribution in [0.1, 0.15) is 13.3 Å². The Labute approximate surface area is 115 Å². The maximum absolute atomic E-state index is 9.60. The lowest BCUT2D eigenvalue weighted by Crippen LogP contribution is -2.16. The van der Waals surface area contributed by atoms with Gasteiger partial charge >= 0.3 is 0 Å². The maximum atomic E-state index is 9.60. The SMILES string of the molecule is C=C[C@H](O)C[C@@H](/C=C/C)COc1ccc(OC)cc1. The minimum atomic E-state index is -0.499. The molecule has 0 spiro atoms. The van der Waals surface area contributed by atoms with Crippen LogP contribution in [0.4, 0.5) is 0 Å². The van der Waals surface area contributed by atoms with E-state index in [9.17, 15) is 5.11 Å². The third kappa shape index (κ3) is 5.62. The van der Waals surface area contributed by atoms with Gasteiger partial charge in [-0.15, -0.1) is 6.58 Å². The van der Waals surface area contributed by atoms with Crippen LogP contribution in [0.5, 0.6) is 11.5 Å². The van der Waals surface area contributed by atoms with Gasteiger partial charge in [0.1, 0.15) is 11.5 Å². The van der Waals surface area contributed by atoms with Crippen LogP contribution in [0.3, 0.4) is 0 Å². The summed E-state index contributed by atoms with van der Waals surface area (Å²) in [7, 11) is 1.63. The highest BCUT2D eigenvalue weighted by Gasteiger charge is 2.10. The number of rotatable bonds is 8. The van der Waals surface area contributed by atoms with Gasteiger partial charge in [-0.3, -0.25) is 0 Å². The number of aliphatic hydroxyl groups excluding tert-OH is 1. The topological polar surface area (TPSA) is 38.7 Å². The van der Waals surface area contributed by atoms with Gasteiger partial charge in [0.15, 0.2) is 0 Å². The Balaban J connectivity index is 2.52. The molecule has 3 heteroatoms. The quantitative estimate of drug-likeness (QED) is 0.731. The lowest BCUT2D eigenvalue weighted by molar-refractivity contribution is 0.172. The monoisotopic (exact) mass is 262 g/mol. The number of methoxy groups -OCH3 is 1. The predicted molar refractivity (Wildman–Crippen MR) is 77.6 cm³/mol. The first kappa shape index (κ1) is 15.3. The highest BCUT2D eigenvalue weighted by Crippen LogP contribution is 2.19. The summed E-state index contributed by atoms with van der Waals surface area (Å²) in [5, 5.41) is 9.60. The van der Waals surface area contributed by atoms with Crippen molar-refractivity contribution in [1.82, 2.24) is 0 Å². The Kier molecular flexibility index (Phi) is 6.75. The highest BCUT2D eigenvalue weighted by atomic mass is 16.5. The average Bonchev–Trinajstić information content (AvgIpc) is 2.45. The molecular formula is C16H22O3. The summed E-state index contributed by atoms with van der Waals surface area (Å²) in [6.07, 6.45) is 5.67. The molecule has 0 unspecified atom stereocenters. The van der Waals surface area contributed by atoms with Gasteiger partial charge in [0.2, 0.25) is 0 Å². The summed E-state index contributed by atoms with van der Waals surface area (Å²) in [5.74, 6) is 1.77. The van der Waals surface area contributed by atoms with Crippen molar-refractivity contribution in [3.63, 3.8) is 0 Å². The molecule has 0 saturated heterocycles. The van der Waals surface area contributed by atoms with Gasteiger partial charge in [-0.1, -0.05) is 18.2 Å². The molecule has 3 nitrogen and oxygen atoms in total. The number of ether oxygens (including phenoxy) is 2. The Morgan fingerprint density at radius 1 is 1.26 bits per heavy atom. The molecule has 0 radical (unpaired) electrons. The molecule has 104 valence electrons. The Morgan fingerprint density at radius 2 is 1.89 bits per heavy atom. The van der Waals surface area contributed by atoms with E-state index in [1.165, 1.54) is 0 Å². The predicted octanol–water partition coefficient (Wildman–Crippen LogP) is 3.20. The molecule has 0 amide bonds. The summed E-state index contributed by atoms with van der Waals surface area (Å²) in [6.45, 7) is 6.07. The van der Waals surface area contributed by atoms with Crippen LogP contribution in [-0.2, 0) is 0 Å². The average molecular weight is 262 g/mol. The van der Waals surface area contributed by atoms with Crippen LogP contribution in [0, 0.1) is 5.92 Å². The molecule has 19 heavy (non-hydrogen) atoms. The highest BCUT2D eigenvalue weighted by molar-refractivity contribution is 5.31. The van der Waals surface area contributed by atoms with Crippen molar-refractivity contribution in [2.45, 2.75) is 19.4 Å². The summed E-state index contributed by atoms with van der Waals surface area (Å²) in [6, 6.07) is 7.46. The zero-order valence-electron chi connectivity index (χ0n) is 11.6. The Bertz CT molecular complexity index is 395. The van der Waals surface area contributed by atoms with Crippen LogP contribution in [0.2, 0.25) is 0 Å². The lowest BCUT2D eigenvalue weighted by Gasteiger charge is -2.16. The zero-order valence-corrected chi connectivity index (χ0v) is 11.6. The molecule has 0 fully saturated rings.